The van der Waals surface area contributed by atoms with Crippen molar-refractivity contribution in [2.24, 2.45) is 0 Å². The molecular weight excluding hydrogens is 452 g/mol. The molecule has 0 unspecified atom stereocenters. The molecule has 0 atom stereocenters. The Morgan fingerprint density at radius 1 is 0.556 bits per heavy atom. The van der Waals surface area contributed by atoms with E-state index in [-0.39, 0.29) is 0 Å². The van der Waals surface area contributed by atoms with Crippen molar-refractivity contribution in [2.75, 3.05) is 40.5 Å². The molecular formula is C30H48N2O4. The first-order valence-electron chi connectivity index (χ1n) is 13.7. The van der Waals surface area contributed by atoms with Crippen LogP contribution in [0.5, 0.6) is 23.0 Å². The maximum Gasteiger partial charge on any atom is 0.161 e. The number of nitrogens with one attached hydrogen (secondary N) is 2. The quantitative estimate of drug-likeness (QED) is 0.191. The highest BCUT2D eigenvalue weighted by Gasteiger charge is 2.09. The van der Waals surface area contributed by atoms with Crippen molar-refractivity contribution in [3.05, 3.63) is 47.5 Å². The van der Waals surface area contributed by atoms with E-state index in [2.05, 4.69) is 36.6 Å². The van der Waals surface area contributed by atoms with E-state index in [0.717, 1.165) is 49.2 Å². The Morgan fingerprint density at radius 2 is 1.00 bits per heavy atom. The lowest BCUT2D eigenvalue weighted by Crippen LogP contribution is -2.15. The van der Waals surface area contributed by atoms with Crippen molar-refractivity contribution in [1.29, 1.82) is 0 Å². The van der Waals surface area contributed by atoms with Crippen LogP contribution in [0.25, 0.3) is 0 Å². The van der Waals surface area contributed by atoms with Crippen LogP contribution in [0.15, 0.2) is 36.4 Å². The van der Waals surface area contributed by atoms with E-state index in [1.54, 1.807) is 14.2 Å². The lowest BCUT2D eigenvalue weighted by molar-refractivity contribution is 0.206. The molecule has 2 N–H and O–H groups in total. The van der Waals surface area contributed by atoms with Gasteiger partial charge in [-0.15, -0.1) is 0 Å². The first-order chi connectivity index (χ1) is 17.7. The number of methoxy groups -OCH3 is 2. The predicted octanol–water partition coefficient (Wildman–Crippen LogP) is 6.50. The highest BCUT2D eigenvalue weighted by Crippen LogP contribution is 2.30. The molecule has 0 heterocycles. The van der Waals surface area contributed by atoms with E-state index >= 15 is 0 Å². The van der Waals surface area contributed by atoms with Crippen LogP contribution in [0.4, 0.5) is 0 Å². The maximum absolute atomic E-state index is 5.94. The molecule has 0 aromatic heterocycles. The van der Waals surface area contributed by atoms with E-state index in [4.69, 9.17) is 18.9 Å². The predicted molar refractivity (Wildman–Crippen MR) is 149 cm³/mol. The van der Waals surface area contributed by atoms with E-state index in [1.165, 1.54) is 62.5 Å². The summed E-state index contributed by atoms with van der Waals surface area (Å²) in [5, 5.41) is 7.01. The molecule has 0 saturated carbocycles. The smallest absolute Gasteiger partial charge is 0.161 e. The summed E-state index contributed by atoms with van der Waals surface area (Å²) in [5.74, 6) is 2.93. The first kappa shape index (κ1) is 29.8. The van der Waals surface area contributed by atoms with Gasteiger partial charge in [0.05, 0.1) is 14.2 Å². The average Bonchev–Trinajstić information content (AvgIpc) is 2.91. The number of unbranched alkanes of at least 4 members (excludes halogenated alkanes) is 6. The number of hydrogen-bond acceptors (Lipinski definition) is 6. The van der Waals surface area contributed by atoms with Gasteiger partial charge >= 0.3 is 0 Å². The van der Waals surface area contributed by atoms with E-state index in [1.807, 2.05) is 24.3 Å². The molecule has 2 aromatic rings. The molecule has 0 bridgehead atoms. The Kier molecular flexibility index (Phi) is 15.5. The Labute approximate surface area is 219 Å². The first-order valence-corrected chi connectivity index (χ1v) is 13.7. The number of hydrogen-bond donors (Lipinski definition) is 2. The third-order valence-electron chi connectivity index (χ3n) is 6.13. The Bertz CT molecular complexity index is 774. The molecule has 0 saturated heterocycles. The molecule has 2 aromatic carbocycles. The maximum atomic E-state index is 5.94. The third kappa shape index (κ3) is 11.5. The summed E-state index contributed by atoms with van der Waals surface area (Å²) >= 11 is 0. The lowest BCUT2D eigenvalue weighted by atomic mass is 10.2. The van der Waals surface area contributed by atoms with Crippen LogP contribution >= 0.6 is 0 Å². The van der Waals surface area contributed by atoms with Gasteiger partial charge in [-0.2, -0.15) is 0 Å². The summed E-state index contributed by atoms with van der Waals surface area (Å²) in [6, 6.07) is 12.2. The number of rotatable bonds is 21. The van der Waals surface area contributed by atoms with Crippen molar-refractivity contribution >= 4 is 0 Å². The molecule has 202 valence electrons. The second kappa shape index (κ2) is 18.8. The average molecular weight is 501 g/mol. The van der Waals surface area contributed by atoms with Gasteiger partial charge in [0.25, 0.3) is 0 Å². The highest BCUT2D eigenvalue weighted by atomic mass is 16.5. The molecule has 0 spiro atoms. The summed E-state index contributed by atoms with van der Waals surface area (Å²) in [6.45, 7) is 9.03. The summed E-state index contributed by atoms with van der Waals surface area (Å²) in [6.07, 6.45) is 10.1. The summed E-state index contributed by atoms with van der Waals surface area (Å²) in [7, 11) is 3.35. The molecule has 0 aliphatic rings. The van der Waals surface area contributed by atoms with Crippen molar-refractivity contribution in [1.82, 2.24) is 10.6 Å². The molecule has 2 rings (SSSR count). The van der Waals surface area contributed by atoms with E-state index < -0.39 is 0 Å². The summed E-state index contributed by atoms with van der Waals surface area (Å²) in [4.78, 5) is 0. The molecule has 0 fully saturated rings. The topological polar surface area (TPSA) is 61.0 Å². The van der Waals surface area contributed by atoms with Gasteiger partial charge in [-0.3, -0.25) is 0 Å². The number of benzene rings is 2. The molecule has 6 nitrogen and oxygen atoms in total. The van der Waals surface area contributed by atoms with Gasteiger partial charge in [0, 0.05) is 13.1 Å². The fourth-order valence-electron chi connectivity index (χ4n) is 4.00. The van der Waals surface area contributed by atoms with Crippen molar-refractivity contribution in [3.63, 3.8) is 0 Å². The lowest BCUT2D eigenvalue weighted by Gasteiger charge is -2.15. The van der Waals surface area contributed by atoms with Gasteiger partial charge in [-0.25, -0.2) is 0 Å². The SMILES string of the molecule is CCCCCCNCc1ccc(OCCOc2ccc(CNCCCCCC)cc2OC)c(OC)c1. The molecule has 0 aliphatic heterocycles. The minimum atomic E-state index is 0.412. The Hall–Kier alpha value is -2.44. The van der Waals surface area contributed by atoms with Gasteiger partial charge in [0.15, 0.2) is 23.0 Å². The summed E-state index contributed by atoms with van der Waals surface area (Å²) in [5.41, 5.74) is 2.37. The number of ether oxygens (including phenoxy) is 4. The molecule has 0 radical (unpaired) electrons. The second-order valence-corrected chi connectivity index (χ2v) is 9.14. The molecule has 0 amide bonds. The molecule has 36 heavy (non-hydrogen) atoms. The van der Waals surface area contributed by atoms with Gasteiger partial charge in [-0.1, -0.05) is 64.5 Å². The van der Waals surface area contributed by atoms with Crippen molar-refractivity contribution in [3.8, 4) is 23.0 Å². The van der Waals surface area contributed by atoms with Crippen LogP contribution < -0.4 is 29.6 Å². The normalized spacial score (nSPS) is 10.9. The Balaban J connectivity index is 1.75. The minimum Gasteiger partial charge on any atom is -0.493 e. The zero-order valence-corrected chi connectivity index (χ0v) is 23.0. The van der Waals surface area contributed by atoms with E-state index in [9.17, 15) is 0 Å². The van der Waals surface area contributed by atoms with Crippen LogP contribution in [0, 0.1) is 0 Å². The third-order valence-corrected chi connectivity index (χ3v) is 6.13. The monoisotopic (exact) mass is 500 g/mol. The van der Waals surface area contributed by atoms with Crippen LogP contribution in [0.1, 0.15) is 76.3 Å². The fourth-order valence-corrected chi connectivity index (χ4v) is 4.00. The van der Waals surface area contributed by atoms with E-state index in [0.29, 0.717) is 13.2 Å². The van der Waals surface area contributed by atoms with Crippen LogP contribution in [0.3, 0.4) is 0 Å². The second-order valence-electron chi connectivity index (χ2n) is 9.14. The molecule has 6 heteroatoms. The van der Waals surface area contributed by atoms with Gasteiger partial charge < -0.3 is 29.6 Å². The largest absolute Gasteiger partial charge is 0.493 e. The van der Waals surface area contributed by atoms with Gasteiger partial charge in [-0.05, 0) is 61.3 Å². The van der Waals surface area contributed by atoms with Gasteiger partial charge in [0.1, 0.15) is 13.2 Å². The highest BCUT2D eigenvalue weighted by molar-refractivity contribution is 5.44. The fraction of sp³-hybridized carbons (Fsp3) is 0.600. The van der Waals surface area contributed by atoms with Gasteiger partial charge in [0.2, 0.25) is 0 Å². The van der Waals surface area contributed by atoms with Crippen LogP contribution in [-0.2, 0) is 13.1 Å². The standard InChI is InChI=1S/C30H48N2O4/c1-5-7-9-11-17-31-23-25-13-15-27(29(21-25)33-3)35-19-20-36-28-16-14-26(22-30(28)34-4)24-32-18-12-10-8-6-2/h13-16,21-22,31-32H,5-12,17-20,23-24H2,1-4H3. The Morgan fingerprint density at radius 3 is 1.39 bits per heavy atom. The van der Waals surface area contributed by atoms with Crippen LogP contribution in [0.2, 0.25) is 0 Å². The zero-order valence-electron chi connectivity index (χ0n) is 23.0. The summed E-state index contributed by atoms with van der Waals surface area (Å²) < 4.78 is 23.0. The van der Waals surface area contributed by atoms with Crippen LogP contribution in [-0.4, -0.2) is 40.5 Å². The minimum absolute atomic E-state index is 0.412. The zero-order chi connectivity index (χ0) is 25.8. The van der Waals surface area contributed by atoms with Crippen molar-refractivity contribution in [2.45, 2.75) is 78.3 Å². The van der Waals surface area contributed by atoms with Crippen molar-refractivity contribution < 1.29 is 18.9 Å². The molecule has 0 aliphatic carbocycles.